The first-order valence-corrected chi connectivity index (χ1v) is 7.38. The van der Waals surface area contributed by atoms with Crippen LogP contribution in [0, 0.1) is 25.7 Å². The molecule has 2 rings (SSSR count). The second kappa shape index (κ2) is 6.60. The number of thiophene rings is 1. The summed E-state index contributed by atoms with van der Waals surface area (Å²) in [5.41, 5.74) is 3.84. The minimum Gasteiger partial charge on any atom is -0.384 e. The van der Waals surface area contributed by atoms with E-state index in [1.165, 1.54) is 21.7 Å². The van der Waals surface area contributed by atoms with E-state index in [-0.39, 0.29) is 6.61 Å². The largest absolute Gasteiger partial charge is 0.384 e. The topological polar surface area (TPSA) is 23.5 Å². The van der Waals surface area contributed by atoms with Crippen LogP contribution in [0.25, 0.3) is 0 Å². The van der Waals surface area contributed by atoms with Gasteiger partial charge in [-0.3, -0.25) is 0 Å². The molecule has 104 valence electrons. The minimum absolute atomic E-state index is 0.0876. The van der Waals surface area contributed by atoms with Crippen molar-refractivity contribution in [1.82, 2.24) is 0 Å². The van der Waals surface area contributed by atoms with E-state index in [0.29, 0.717) is 0 Å². The van der Waals surface area contributed by atoms with Crippen LogP contribution in [-0.4, -0.2) is 18.8 Å². The molecule has 0 spiro atoms. The lowest BCUT2D eigenvalue weighted by Crippen LogP contribution is -2.16. The molecule has 0 aliphatic carbocycles. The van der Waals surface area contributed by atoms with Gasteiger partial charge in [0.1, 0.15) is 6.61 Å². The van der Waals surface area contributed by atoms with E-state index in [9.17, 15) is 0 Å². The molecule has 0 radical (unpaired) electrons. The van der Waals surface area contributed by atoms with Gasteiger partial charge in [-0.1, -0.05) is 29.5 Å². The summed E-state index contributed by atoms with van der Waals surface area (Å²) in [7, 11) is 2.11. The third kappa shape index (κ3) is 3.63. The summed E-state index contributed by atoms with van der Waals surface area (Å²) in [6.07, 6.45) is 0. The Labute approximate surface area is 124 Å². The molecule has 2 nitrogen and oxygen atoms in total. The zero-order chi connectivity index (χ0) is 14.5. The maximum absolute atomic E-state index is 8.70. The Bertz CT molecular complexity index is 648. The Morgan fingerprint density at radius 2 is 2.00 bits per heavy atom. The fourth-order valence-electron chi connectivity index (χ4n) is 2.21. The summed E-state index contributed by atoms with van der Waals surface area (Å²) >= 11 is 1.68. The van der Waals surface area contributed by atoms with Crippen molar-refractivity contribution >= 4 is 17.0 Å². The second-order valence-corrected chi connectivity index (χ2v) is 6.04. The fraction of sp³-hybridized carbons (Fsp3) is 0.294. The number of nitrogens with zero attached hydrogens (tertiary/aromatic N) is 1. The molecule has 0 bridgehead atoms. The maximum atomic E-state index is 8.70. The van der Waals surface area contributed by atoms with Crippen molar-refractivity contribution in [3.05, 3.63) is 51.2 Å². The van der Waals surface area contributed by atoms with Gasteiger partial charge in [-0.15, -0.1) is 11.3 Å². The van der Waals surface area contributed by atoms with Crippen molar-refractivity contribution in [2.75, 3.05) is 18.6 Å². The average molecular weight is 285 g/mol. The molecule has 0 amide bonds. The molecular formula is C17H19NOS. The number of aliphatic hydroxyl groups is 1. The van der Waals surface area contributed by atoms with Gasteiger partial charge in [-0.05, 0) is 37.6 Å². The number of aryl methyl sites for hydroxylation is 2. The number of rotatable bonds is 3. The second-order valence-electron chi connectivity index (χ2n) is 4.87. The van der Waals surface area contributed by atoms with Crippen molar-refractivity contribution in [3.63, 3.8) is 0 Å². The fourth-order valence-corrected chi connectivity index (χ4v) is 3.15. The predicted octanol–water partition coefficient (Wildman–Crippen LogP) is 3.35. The van der Waals surface area contributed by atoms with Gasteiger partial charge in [0.05, 0.1) is 11.4 Å². The molecule has 2 aromatic rings. The van der Waals surface area contributed by atoms with Crippen molar-refractivity contribution in [3.8, 4) is 11.8 Å². The van der Waals surface area contributed by atoms with E-state index in [1.54, 1.807) is 11.3 Å². The number of benzene rings is 1. The van der Waals surface area contributed by atoms with Crippen LogP contribution in [0.4, 0.5) is 5.69 Å². The van der Waals surface area contributed by atoms with E-state index in [1.807, 2.05) is 6.07 Å². The third-order valence-electron chi connectivity index (χ3n) is 3.11. The van der Waals surface area contributed by atoms with Gasteiger partial charge in [0.15, 0.2) is 0 Å². The summed E-state index contributed by atoms with van der Waals surface area (Å²) < 4.78 is 0. The van der Waals surface area contributed by atoms with Gasteiger partial charge in [0, 0.05) is 17.6 Å². The quantitative estimate of drug-likeness (QED) is 0.874. The van der Waals surface area contributed by atoms with Crippen LogP contribution in [0.2, 0.25) is 0 Å². The molecule has 0 unspecified atom stereocenters. The van der Waals surface area contributed by atoms with Crippen molar-refractivity contribution < 1.29 is 5.11 Å². The Kier molecular flexibility index (Phi) is 4.84. The van der Waals surface area contributed by atoms with E-state index in [4.69, 9.17) is 5.11 Å². The Morgan fingerprint density at radius 1 is 1.20 bits per heavy atom. The lowest BCUT2D eigenvalue weighted by atomic mass is 10.1. The molecule has 1 aromatic heterocycles. The monoisotopic (exact) mass is 285 g/mol. The Hall–Kier alpha value is -1.76. The van der Waals surface area contributed by atoms with Crippen molar-refractivity contribution in [2.45, 2.75) is 20.4 Å². The summed E-state index contributed by atoms with van der Waals surface area (Å²) in [4.78, 5) is 4.53. The highest BCUT2D eigenvalue weighted by atomic mass is 32.1. The minimum atomic E-state index is -0.0876. The Morgan fingerprint density at radius 3 is 2.70 bits per heavy atom. The van der Waals surface area contributed by atoms with Gasteiger partial charge >= 0.3 is 0 Å². The molecule has 0 saturated carbocycles. The van der Waals surface area contributed by atoms with Crippen molar-refractivity contribution in [2.24, 2.45) is 0 Å². The third-order valence-corrected chi connectivity index (χ3v) is 4.09. The standard InChI is InChI=1S/C17H19NOS/c1-13-6-9-17(14(2)11-13)18(3)12-16-8-7-15(20-16)5-4-10-19/h6-9,11,19H,10,12H2,1-3H3. The number of hydrogen-bond acceptors (Lipinski definition) is 3. The maximum Gasteiger partial charge on any atom is 0.104 e. The average Bonchev–Trinajstić information content (AvgIpc) is 2.83. The highest BCUT2D eigenvalue weighted by Crippen LogP contribution is 2.24. The van der Waals surface area contributed by atoms with Gasteiger partial charge in [0.2, 0.25) is 0 Å². The lowest BCUT2D eigenvalue weighted by Gasteiger charge is -2.21. The first kappa shape index (κ1) is 14.6. The van der Waals surface area contributed by atoms with E-state index < -0.39 is 0 Å². The van der Waals surface area contributed by atoms with Crippen LogP contribution in [-0.2, 0) is 6.54 Å². The number of anilines is 1. The molecule has 20 heavy (non-hydrogen) atoms. The number of hydrogen-bond donors (Lipinski definition) is 1. The van der Waals surface area contributed by atoms with Crippen LogP contribution in [0.3, 0.4) is 0 Å². The summed E-state index contributed by atoms with van der Waals surface area (Å²) in [5.74, 6) is 5.63. The van der Waals surface area contributed by atoms with E-state index >= 15 is 0 Å². The van der Waals surface area contributed by atoms with Gasteiger partial charge in [-0.25, -0.2) is 0 Å². The molecule has 1 heterocycles. The summed E-state index contributed by atoms with van der Waals surface area (Å²) in [6.45, 7) is 5.04. The van der Waals surface area contributed by atoms with E-state index in [0.717, 1.165) is 11.4 Å². The highest BCUT2D eigenvalue weighted by Gasteiger charge is 2.07. The molecule has 0 aliphatic heterocycles. The van der Waals surface area contributed by atoms with Crippen LogP contribution in [0.5, 0.6) is 0 Å². The van der Waals surface area contributed by atoms with Gasteiger partial charge in [0.25, 0.3) is 0 Å². The molecule has 0 saturated heterocycles. The molecular weight excluding hydrogens is 266 g/mol. The molecule has 1 aromatic carbocycles. The van der Waals surface area contributed by atoms with Crippen LogP contribution in [0.15, 0.2) is 30.3 Å². The molecule has 0 atom stereocenters. The Balaban J connectivity index is 2.11. The predicted molar refractivity (Wildman–Crippen MR) is 86.3 cm³/mol. The molecule has 0 aliphatic rings. The zero-order valence-corrected chi connectivity index (χ0v) is 12.9. The van der Waals surface area contributed by atoms with Crippen LogP contribution < -0.4 is 4.90 Å². The highest BCUT2D eigenvalue weighted by molar-refractivity contribution is 7.12. The summed E-state index contributed by atoms with van der Waals surface area (Å²) in [6, 6.07) is 10.6. The van der Waals surface area contributed by atoms with Gasteiger partial charge in [-0.2, -0.15) is 0 Å². The van der Waals surface area contributed by atoms with Crippen molar-refractivity contribution in [1.29, 1.82) is 0 Å². The van der Waals surface area contributed by atoms with Crippen LogP contribution >= 0.6 is 11.3 Å². The first-order valence-electron chi connectivity index (χ1n) is 6.57. The molecule has 0 fully saturated rings. The SMILES string of the molecule is Cc1ccc(N(C)Cc2ccc(C#CCO)s2)c(C)c1. The number of aliphatic hydroxyl groups excluding tert-OH is 1. The van der Waals surface area contributed by atoms with E-state index in [2.05, 4.69) is 61.9 Å². The summed E-state index contributed by atoms with van der Waals surface area (Å²) in [5, 5.41) is 8.70. The van der Waals surface area contributed by atoms with Crippen LogP contribution in [0.1, 0.15) is 20.9 Å². The van der Waals surface area contributed by atoms with Gasteiger partial charge < -0.3 is 10.0 Å². The molecule has 3 heteroatoms. The normalized spacial score (nSPS) is 10.0. The smallest absolute Gasteiger partial charge is 0.104 e. The lowest BCUT2D eigenvalue weighted by molar-refractivity contribution is 0.350. The molecule has 1 N–H and O–H groups in total. The first-order chi connectivity index (χ1) is 9.60. The zero-order valence-electron chi connectivity index (χ0n) is 12.1.